The molecule has 0 radical (unpaired) electrons. The Morgan fingerprint density at radius 2 is 1.82 bits per heavy atom. The van der Waals surface area contributed by atoms with Crippen LogP contribution in [0.1, 0.15) is 44.8 Å². The highest BCUT2D eigenvalue weighted by Crippen LogP contribution is 2.31. The second kappa shape index (κ2) is 12.4. The first-order valence-corrected chi connectivity index (χ1v) is 14.6. The van der Waals surface area contributed by atoms with Gasteiger partial charge in [-0.2, -0.15) is 0 Å². The summed E-state index contributed by atoms with van der Waals surface area (Å²) in [4.78, 5) is 18.1. The fourth-order valence-corrected chi connectivity index (χ4v) is 5.90. The summed E-state index contributed by atoms with van der Waals surface area (Å²) < 4.78 is 5.66. The highest BCUT2D eigenvalue weighted by molar-refractivity contribution is 6.32. The normalized spacial score (nSPS) is 19.6. The Morgan fingerprint density at radius 1 is 1.07 bits per heavy atom. The van der Waals surface area contributed by atoms with Crippen LogP contribution in [-0.2, 0) is 4.79 Å². The first kappa shape index (κ1) is 28.7. The van der Waals surface area contributed by atoms with Crippen molar-refractivity contribution >= 4 is 34.0 Å². The van der Waals surface area contributed by atoms with Gasteiger partial charge >= 0.3 is 0 Å². The number of aliphatic hydroxyl groups excluding tert-OH is 1. The number of amides is 1. The maximum absolute atomic E-state index is 13.5. The maximum Gasteiger partial charge on any atom is 0.225 e. The van der Waals surface area contributed by atoms with Gasteiger partial charge in [0.2, 0.25) is 5.91 Å². The number of ether oxygens (including phenoxy) is 1. The smallest absolute Gasteiger partial charge is 0.225 e. The van der Waals surface area contributed by atoms with Crippen molar-refractivity contribution in [2.24, 2.45) is 5.92 Å². The van der Waals surface area contributed by atoms with Crippen molar-refractivity contribution in [2.45, 2.75) is 50.9 Å². The first-order chi connectivity index (χ1) is 19.2. The molecule has 5 rings (SSSR count). The summed E-state index contributed by atoms with van der Waals surface area (Å²) in [5.74, 6) is 0.267. The van der Waals surface area contributed by atoms with Crippen molar-refractivity contribution in [3.63, 3.8) is 0 Å². The van der Waals surface area contributed by atoms with E-state index in [-0.39, 0.29) is 18.4 Å². The van der Waals surface area contributed by atoms with Gasteiger partial charge in [-0.1, -0.05) is 48.0 Å². The average molecular weight is 566 g/mol. The predicted octanol–water partition coefficient (Wildman–Crippen LogP) is 4.78. The van der Waals surface area contributed by atoms with Crippen molar-refractivity contribution < 1.29 is 19.7 Å². The summed E-state index contributed by atoms with van der Waals surface area (Å²) >= 11 is 6.48. The third-order valence-electron chi connectivity index (χ3n) is 7.90. The number of carbonyl (C=O) groups excluding carboxylic acids is 1. The van der Waals surface area contributed by atoms with Gasteiger partial charge in [0, 0.05) is 25.3 Å². The van der Waals surface area contributed by atoms with Crippen LogP contribution in [0.3, 0.4) is 0 Å². The minimum atomic E-state index is -0.989. The molecule has 214 valence electrons. The second-order valence-corrected chi connectivity index (χ2v) is 12.2. The van der Waals surface area contributed by atoms with E-state index in [0.29, 0.717) is 29.4 Å². The molecular weight excluding hydrogens is 526 g/mol. The number of hydrogen-bond acceptors (Lipinski definition) is 6. The molecular formula is C32H40ClN3O4. The molecule has 1 amide bonds. The molecule has 2 aliphatic heterocycles. The molecule has 0 bridgehead atoms. The zero-order valence-electron chi connectivity index (χ0n) is 23.4. The van der Waals surface area contributed by atoms with Crippen LogP contribution in [0.15, 0.2) is 60.7 Å². The maximum atomic E-state index is 13.5. The quantitative estimate of drug-likeness (QED) is 0.328. The SMILES string of the molecule is CC(C)(O)COc1ccc([C@@H](O)[C@@H](CN2CCCC2)NC(=O)[C@@H]2CCN(c3ccc4ccccc4c3)C2)cc1Cl. The van der Waals surface area contributed by atoms with E-state index in [2.05, 4.69) is 45.4 Å². The predicted molar refractivity (Wildman–Crippen MR) is 160 cm³/mol. The van der Waals surface area contributed by atoms with E-state index >= 15 is 0 Å². The monoisotopic (exact) mass is 565 g/mol. The highest BCUT2D eigenvalue weighted by Gasteiger charge is 2.33. The third kappa shape index (κ3) is 7.07. The lowest BCUT2D eigenvalue weighted by Gasteiger charge is -2.30. The molecule has 8 heteroatoms. The average Bonchev–Trinajstić information content (AvgIpc) is 3.63. The summed E-state index contributed by atoms with van der Waals surface area (Å²) in [6, 6.07) is 19.4. The van der Waals surface area contributed by atoms with Crippen LogP contribution in [0.4, 0.5) is 5.69 Å². The second-order valence-electron chi connectivity index (χ2n) is 11.8. The number of fused-ring (bicyclic) bond motifs is 1. The number of benzene rings is 3. The number of halogens is 1. The van der Waals surface area contributed by atoms with Crippen LogP contribution in [0.2, 0.25) is 5.02 Å². The molecule has 2 saturated heterocycles. The van der Waals surface area contributed by atoms with Gasteiger partial charge < -0.3 is 30.1 Å². The number of aliphatic hydroxyl groups is 2. The molecule has 3 aromatic rings. The van der Waals surface area contributed by atoms with Crippen molar-refractivity contribution in [2.75, 3.05) is 44.2 Å². The summed E-state index contributed by atoms with van der Waals surface area (Å²) in [6.07, 6.45) is 2.09. The zero-order chi connectivity index (χ0) is 28.3. The summed E-state index contributed by atoms with van der Waals surface area (Å²) in [7, 11) is 0. The number of likely N-dealkylation sites (tertiary alicyclic amines) is 1. The Balaban J connectivity index is 1.26. The summed E-state index contributed by atoms with van der Waals surface area (Å²) in [5, 5.41) is 27.4. The van der Waals surface area contributed by atoms with Gasteiger partial charge in [0.25, 0.3) is 0 Å². The van der Waals surface area contributed by atoms with E-state index in [9.17, 15) is 15.0 Å². The number of rotatable bonds is 10. The lowest BCUT2D eigenvalue weighted by Crippen LogP contribution is -2.48. The standard InChI is InChI=1S/C32H40ClN3O4/c1-32(2,39)21-40-29-12-10-24(18-27(29)33)30(37)28(20-35-14-5-6-15-35)34-31(38)25-13-16-36(19-25)26-11-9-22-7-3-4-8-23(22)17-26/h3-4,7-12,17-18,25,28,30,37,39H,5-6,13-16,19-21H2,1-2H3,(H,34,38)/t25-,28-,30-/m1/s1. The molecule has 0 saturated carbocycles. The fraction of sp³-hybridized carbons (Fsp3) is 0.469. The van der Waals surface area contributed by atoms with Gasteiger partial charge in [-0.3, -0.25) is 4.79 Å². The minimum Gasteiger partial charge on any atom is -0.489 e. The summed E-state index contributed by atoms with van der Waals surface area (Å²) in [6.45, 7) is 7.38. The van der Waals surface area contributed by atoms with Crippen LogP contribution in [0.5, 0.6) is 5.75 Å². The number of carbonyl (C=O) groups is 1. The third-order valence-corrected chi connectivity index (χ3v) is 8.19. The molecule has 2 heterocycles. The molecule has 3 N–H and O–H groups in total. The van der Waals surface area contributed by atoms with Crippen LogP contribution in [0, 0.1) is 5.92 Å². The molecule has 0 aromatic heterocycles. The van der Waals surface area contributed by atoms with Gasteiger partial charge in [0.05, 0.1) is 22.6 Å². The Hall–Kier alpha value is -2.84. The molecule has 0 unspecified atom stereocenters. The van der Waals surface area contributed by atoms with E-state index in [0.717, 1.165) is 44.6 Å². The molecule has 3 atom stereocenters. The molecule has 0 aliphatic carbocycles. The zero-order valence-corrected chi connectivity index (χ0v) is 24.1. The van der Waals surface area contributed by atoms with Gasteiger partial charge in [-0.15, -0.1) is 0 Å². The van der Waals surface area contributed by atoms with E-state index < -0.39 is 17.7 Å². The highest BCUT2D eigenvalue weighted by atomic mass is 35.5. The van der Waals surface area contributed by atoms with E-state index in [4.69, 9.17) is 16.3 Å². The number of anilines is 1. The minimum absolute atomic E-state index is 0.0252. The molecule has 3 aromatic carbocycles. The van der Waals surface area contributed by atoms with Gasteiger partial charge in [0.15, 0.2) is 0 Å². The van der Waals surface area contributed by atoms with Gasteiger partial charge in [-0.05, 0) is 86.8 Å². The number of nitrogens with zero attached hydrogens (tertiary/aromatic N) is 2. The van der Waals surface area contributed by atoms with Crippen LogP contribution in [-0.4, -0.2) is 72.0 Å². The van der Waals surface area contributed by atoms with Crippen LogP contribution < -0.4 is 15.0 Å². The lowest BCUT2D eigenvalue weighted by molar-refractivity contribution is -0.126. The molecule has 40 heavy (non-hydrogen) atoms. The van der Waals surface area contributed by atoms with Crippen LogP contribution >= 0.6 is 11.6 Å². The first-order valence-electron chi connectivity index (χ1n) is 14.3. The largest absolute Gasteiger partial charge is 0.489 e. The Bertz CT molecular complexity index is 1320. The molecule has 2 aliphatic rings. The van der Waals surface area contributed by atoms with E-state index in [1.165, 1.54) is 10.8 Å². The van der Waals surface area contributed by atoms with Crippen molar-refractivity contribution in [3.8, 4) is 5.75 Å². The van der Waals surface area contributed by atoms with Crippen molar-refractivity contribution in [3.05, 3.63) is 71.2 Å². The van der Waals surface area contributed by atoms with Gasteiger partial charge in [0.1, 0.15) is 18.5 Å². The molecule has 0 spiro atoms. The van der Waals surface area contributed by atoms with Gasteiger partial charge in [-0.25, -0.2) is 0 Å². The fourth-order valence-electron chi connectivity index (χ4n) is 5.66. The summed E-state index contributed by atoms with van der Waals surface area (Å²) in [5.41, 5.74) is 0.759. The number of nitrogens with one attached hydrogen (secondary N) is 1. The topological polar surface area (TPSA) is 85.3 Å². The Labute approximate surface area is 241 Å². The van der Waals surface area contributed by atoms with E-state index in [1.807, 2.05) is 12.1 Å². The van der Waals surface area contributed by atoms with E-state index in [1.54, 1.807) is 32.0 Å². The van der Waals surface area contributed by atoms with Crippen molar-refractivity contribution in [1.82, 2.24) is 10.2 Å². The molecule has 7 nitrogen and oxygen atoms in total. The molecule has 2 fully saturated rings. The lowest BCUT2D eigenvalue weighted by atomic mass is 10.00. The Morgan fingerprint density at radius 3 is 2.55 bits per heavy atom. The van der Waals surface area contributed by atoms with Crippen molar-refractivity contribution in [1.29, 1.82) is 0 Å². The number of hydrogen-bond donors (Lipinski definition) is 3. The van der Waals surface area contributed by atoms with Crippen LogP contribution in [0.25, 0.3) is 10.8 Å². The Kier molecular flexibility index (Phi) is 8.86.